The number of ether oxygens (including phenoxy) is 4. The van der Waals surface area contributed by atoms with Gasteiger partial charge in [-0.15, -0.1) is 0 Å². The van der Waals surface area contributed by atoms with E-state index in [1.54, 1.807) is 0 Å². The SMILES string of the molecule is CCCCCCCCCCCCCCCC(=O)O[C@H](COC(=O)CCCCCCCCCCC(C)CC)COP(=O)(O)OC[C@H](O)COP(=O)(O)OC[C@@H](COC(=O)CCCCCCCCCCCCCC(C)C)OC(=O)CCCCCCCCCCCCCCCCCCCCC(C)CC. The predicted molar refractivity (Wildman–Crippen MR) is 414 cm³/mol. The minimum Gasteiger partial charge on any atom is -0.462 e. The van der Waals surface area contributed by atoms with Crippen LogP contribution in [0.3, 0.4) is 0 Å². The van der Waals surface area contributed by atoms with Crippen LogP contribution in [0.2, 0.25) is 0 Å². The molecule has 3 N–H and O–H groups in total. The van der Waals surface area contributed by atoms with E-state index in [9.17, 15) is 43.2 Å². The second-order valence-corrected chi connectivity index (χ2v) is 33.4. The Hall–Kier alpha value is -1.94. The first-order valence-corrected chi connectivity index (χ1v) is 45.4. The molecule has 0 rings (SSSR count). The van der Waals surface area contributed by atoms with Crippen molar-refractivity contribution < 1.29 is 80.2 Å². The second kappa shape index (κ2) is 72.3. The monoisotopic (exact) mass is 1480 g/mol. The molecule has 0 saturated carbocycles. The number of unbranched alkanes of at least 4 members (excludes halogenated alkanes) is 46. The fourth-order valence-corrected chi connectivity index (χ4v) is 14.2. The highest BCUT2D eigenvalue weighted by Crippen LogP contribution is 2.45. The molecule has 0 aromatic rings. The van der Waals surface area contributed by atoms with Crippen LogP contribution in [0.15, 0.2) is 0 Å². The van der Waals surface area contributed by atoms with E-state index in [1.165, 1.54) is 238 Å². The van der Waals surface area contributed by atoms with E-state index in [0.717, 1.165) is 108 Å². The number of rotatable bonds is 80. The Balaban J connectivity index is 5.23. The summed E-state index contributed by atoms with van der Waals surface area (Å²) >= 11 is 0. The van der Waals surface area contributed by atoms with E-state index < -0.39 is 97.5 Å². The molecule has 0 radical (unpaired) electrons. The van der Waals surface area contributed by atoms with Crippen LogP contribution >= 0.6 is 15.6 Å². The van der Waals surface area contributed by atoms with Crippen molar-refractivity contribution in [3.8, 4) is 0 Å². The van der Waals surface area contributed by atoms with Crippen molar-refractivity contribution in [3.05, 3.63) is 0 Å². The maximum Gasteiger partial charge on any atom is 0.472 e. The molecule has 0 aromatic heterocycles. The molecule has 101 heavy (non-hydrogen) atoms. The smallest absolute Gasteiger partial charge is 0.462 e. The van der Waals surface area contributed by atoms with E-state index >= 15 is 0 Å². The number of carbonyl (C=O) groups is 4. The van der Waals surface area contributed by atoms with Gasteiger partial charge >= 0.3 is 39.5 Å². The van der Waals surface area contributed by atoms with Crippen LogP contribution in [0, 0.1) is 17.8 Å². The molecule has 0 aliphatic rings. The first kappa shape index (κ1) is 99.1. The maximum atomic E-state index is 13.1. The molecule has 4 unspecified atom stereocenters. The third kappa shape index (κ3) is 73.4. The molecule has 600 valence electrons. The lowest BCUT2D eigenvalue weighted by molar-refractivity contribution is -0.161. The second-order valence-electron chi connectivity index (χ2n) is 30.5. The summed E-state index contributed by atoms with van der Waals surface area (Å²) in [5.41, 5.74) is 0. The fourth-order valence-electron chi connectivity index (χ4n) is 12.6. The van der Waals surface area contributed by atoms with Crippen LogP contribution in [0.25, 0.3) is 0 Å². The van der Waals surface area contributed by atoms with E-state index in [-0.39, 0.29) is 25.7 Å². The maximum absolute atomic E-state index is 13.1. The highest BCUT2D eigenvalue weighted by Gasteiger charge is 2.30. The molecule has 19 heteroatoms. The quantitative estimate of drug-likeness (QED) is 0.0222. The van der Waals surface area contributed by atoms with Crippen molar-refractivity contribution in [1.82, 2.24) is 0 Å². The highest BCUT2D eigenvalue weighted by atomic mass is 31.2. The zero-order valence-electron chi connectivity index (χ0n) is 66.4. The third-order valence-corrected chi connectivity index (χ3v) is 21.8. The van der Waals surface area contributed by atoms with E-state index in [1.807, 2.05) is 0 Å². The van der Waals surface area contributed by atoms with Crippen molar-refractivity contribution in [1.29, 1.82) is 0 Å². The molecule has 0 spiro atoms. The molecular weight excluding hydrogens is 1320 g/mol. The Morgan fingerprint density at radius 1 is 0.287 bits per heavy atom. The molecular formula is C82H160O17P2. The Kier molecular flexibility index (Phi) is 70.9. The van der Waals surface area contributed by atoms with E-state index in [4.69, 9.17) is 37.0 Å². The largest absolute Gasteiger partial charge is 0.472 e. The Labute approximate surface area is 619 Å². The van der Waals surface area contributed by atoms with E-state index in [0.29, 0.717) is 25.7 Å². The number of phosphoric ester groups is 2. The Morgan fingerprint density at radius 3 is 0.752 bits per heavy atom. The standard InChI is InChI=1S/C82H160O17P2/c1-8-11-12-13-14-15-16-23-29-35-44-51-58-65-81(86)99-78(70-93-80(85)64-57-50-43-38-37-41-48-55-62-75(7)10-3)72-97-101(90,91)95-68-76(83)67-94-100(88,89)96-71-77(69-92-79(84)63-56-49-42-34-31-26-27-32-39-46-53-60-73(4)5)98-82(87)66-59-52-45-36-30-25-22-20-18-17-19-21-24-28-33-40-47-54-61-74(6)9-2/h73-78,83H,8-72H2,1-7H3,(H,88,89)(H,90,91)/t74?,75?,76-,77-,78-/m1/s1. The van der Waals surface area contributed by atoms with Gasteiger partial charge in [0.2, 0.25) is 0 Å². The van der Waals surface area contributed by atoms with Gasteiger partial charge in [-0.25, -0.2) is 9.13 Å². The van der Waals surface area contributed by atoms with Gasteiger partial charge in [0.05, 0.1) is 26.4 Å². The van der Waals surface area contributed by atoms with Crippen LogP contribution in [0.4, 0.5) is 0 Å². The van der Waals surface area contributed by atoms with Gasteiger partial charge in [0, 0.05) is 25.7 Å². The lowest BCUT2D eigenvalue weighted by Crippen LogP contribution is -2.30. The van der Waals surface area contributed by atoms with Crippen LogP contribution in [0.1, 0.15) is 427 Å². The molecule has 0 fully saturated rings. The number of aliphatic hydroxyl groups excluding tert-OH is 1. The van der Waals surface area contributed by atoms with Crippen LogP contribution in [-0.4, -0.2) is 96.7 Å². The summed E-state index contributed by atoms with van der Waals surface area (Å²) in [5, 5.41) is 10.6. The van der Waals surface area contributed by atoms with Gasteiger partial charge < -0.3 is 33.8 Å². The van der Waals surface area contributed by atoms with Gasteiger partial charge in [-0.2, -0.15) is 0 Å². The molecule has 0 aromatic carbocycles. The number of phosphoric acid groups is 2. The van der Waals surface area contributed by atoms with Gasteiger partial charge in [0.25, 0.3) is 0 Å². The van der Waals surface area contributed by atoms with Crippen molar-refractivity contribution in [2.45, 2.75) is 446 Å². The molecule has 17 nitrogen and oxygen atoms in total. The number of esters is 4. The van der Waals surface area contributed by atoms with Crippen molar-refractivity contribution in [2.75, 3.05) is 39.6 Å². The molecule has 0 aliphatic carbocycles. The lowest BCUT2D eigenvalue weighted by Gasteiger charge is -2.21. The van der Waals surface area contributed by atoms with Crippen LogP contribution in [0.5, 0.6) is 0 Å². The topological polar surface area (TPSA) is 237 Å². The third-order valence-electron chi connectivity index (χ3n) is 19.9. The molecule has 7 atom stereocenters. The van der Waals surface area contributed by atoms with E-state index in [2.05, 4.69) is 48.5 Å². The summed E-state index contributed by atoms with van der Waals surface area (Å²) < 4.78 is 68.7. The zero-order valence-corrected chi connectivity index (χ0v) is 68.2. The van der Waals surface area contributed by atoms with Gasteiger partial charge in [-0.3, -0.25) is 37.3 Å². The minimum atomic E-state index is -4.96. The molecule has 0 saturated heterocycles. The number of hydrogen-bond acceptors (Lipinski definition) is 15. The summed E-state index contributed by atoms with van der Waals surface area (Å²) in [6.45, 7) is 12.0. The Morgan fingerprint density at radius 2 is 0.505 bits per heavy atom. The van der Waals surface area contributed by atoms with Gasteiger partial charge in [0.1, 0.15) is 19.3 Å². The van der Waals surface area contributed by atoms with Crippen molar-refractivity contribution in [3.63, 3.8) is 0 Å². The predicted octanol–water partition coefficient (Wildman–Crippen LogP) is 24.5. The molecule has 0 amide bonds. The summed E-state index contributed by atoms with van der Waals surface area (Å²) in [5.74, 6) is 0.311. The first-order chi connectivity index (χ1) is 48.8. The molecule has 0 heterocycles. The van der Waals surface area contributed by atoms with Gasteiger partial charge in [-0.1, -0.05) is 376 Å². The first-order valence-electron chi connectivity index (χ1n) is 42.4. The summed E-state index contributed by atoms with van der Waals surface area (Å²) in [6.07, 6.45) is 60.9. The van der Waals surface area contributed by atoms with Crippen molar-refractivity contribution in [2.24, 2.45) is 17.8 Å². The number of aliphatic hydroxyl groups is 1. The number of carbonyl (C=O) groups excluding carboxylic acids is 4. The molecule has 0 bridgehead atoms. The van der Waals surface area contributed by atoms with Crippen LogP contribution < -0.4 is 0 Å². The normalized spacial score (nSPS) is 14.5. The van der Waals surface area contributed by atoms with Crippen molar-refractivity contribution >= 4 is 39.5 Å². The summed E-state index contributed by atoms with van der Waals surface area (Å²) in [6, 6.07) is 0. The lowest BCUT2D eigenvalue weighted by atomic mass is 9.99. The average molecular weight is 1480 g/mol. The van der Waals surface area contributed by atoms with Gasteiger partial charge in [-0.05, 0) is 43.4 Å². The fraction of sp³-hybridized carbons (Fsp3) is 0.951. The molecule has 0 aliphatic heterocycles. The highest BCUT2D eigenvalue weighted by molar-refractivity contribution is 7.47. The summed E-state index contributed by atoms with van der Waals surface area (Å²) in [4.78, 5) is 73.1. The van der Waals surface area contributed by atoms with Crippen LogP contribution in [-0.2, 0) is 65.4 Å². The average Bonchev–Trinajstić information content (AvgIpc) is 0.979. The number of hydrogen-bond donors (Lipinski definition) is 3. The Bertz CT molecular complexity index is 1960. The summed E-state index contributed by atoms with van der Waals surface area (Å²) in [7, 11) is -9.92. The zero-order chi connectivity index (χ0) is 74.4. The van der Waals surface area contributed by atoms with Gasteiger partial charge in [0.15, 0.2) is 12.2 Å². The minimum absolute atomic E-state index is 0.107.